The second kappa shape index (κ2) is 9.44. The number of likely N-dealkylation sites (tertiary alicyclic amines) is 1. The van der Waals surface area contributed by atoms with Crippen LogP contribution in [0.5, 0.6) is 0 Å². The van der Waals surface area contributed by atoms with E-state index in [1.165, 1.54) is 10.5 Å². The standard InChI is InChI=1S/C24H26N4O4S/c29-22(25-17-6-9-27(10-7-17)14-16-4-2-1-3-5-16)8-11-28-23(30)18-12-20-21(32-15-31-20)13-19(18)26-24(28)33/h1-5,12-13,17-18H,6-11,14-15H2,(H,25,29). The Labute approximate surface area is 197 Å². The summed E-state index contributed by atoms with van der Waals surface area (Å²) in [7, 11) is 0. The molecule has 1 N–H and O–H groups in total. The Morgan fingerprint density at radius 1 is 1.15 bits per heavy atom. The van der Waals surface area contributed by atoms with Gasteiger partial charge in [-0.05, 0) is 36.7 Å². The van der Waals surface area contributed by atoms with E-state index in [-0.39, 0.29) is 42.7 Å². The van der Waals surface area contributed by atoms with Crippen molar-refractivity contribution in [2.75, 3.05) is 26.4 Å². The van der Waals surface area contributed by atoms with Crippen LogP contribution in [0.4, 0.5) is 0 Å². The molecule has 0 bridgehead atoms. The Morgan fingerprint density at radius 2 is 1.91 bits per heavy atom. The molecular weight excluding hydrogens is 440 g/mol. The molecule has 0 aromatic heterocycles. The molecule has 3 aliphatic heterocycles. The van der Waals surface area contributed by atoms with Crippen LogP contribution in [0.3, 0.4) is 0 Å². The number of nitrogens with one attached hydrogen (secondary N) is 1. The zero-order chi connectivity index (χ0) is 22.8. The smallest absolute Gasteiger partial charge is 0.241 e. The Bertz CT molecular complexity index is 1040. The number of rotatable bonds is 6. The monoisotopic (exact) mass is 466 g/mol. The predicted molar refractivity (Wildman–Crippen MR) is 126 cm³/mol. The van der Waals surface area contributed by atoms with Crippen LogP contribution < -0.4 is 5.32 Å². The van der Waals surface area contributed by atoms with Crippen molar-refractivity contribution in [1.82, 2.24) is 15.1 Å². The highest BCUT2D eigenvalue weighted by atomic mass is 32.1. The van der Waals surface area contributed by atoms with E-state index < -0.39 is 5.92 Å². The van der Waals surface area contributed by atoms with Gasteiger partial charge >= 0.3 is 0 Å². The van der Waals surface area contributed by atoms with E-state index in [1.807, 2.05) is 6.07 Å². The highest BCUT2D eigenvalue weighted by Gasteiger charge is 2.38. The molecular formula is C24H26N4O4S. The molecule has 1 aromatic carbocycles. The van der Waals surface area contributed by atoms with Crippen molar-refractivity contribution in [2.45, 2.75) is 31.8 Å². The first-order valence-corrected chi connectivity index (χ1v) is 11.7. The van der Waals surface area contributed by atoms with Crippen LogP contribution in [-0.4, -0.2) is 64.9 Å². The van der Waals surface area contributed by atoms with E-state index in [2.05, 4.69) is 39.5 Å². The molecule has 9 heteroatoms. The fourth-order valence-corrected chi connectivity index (χ4v) is 4.82. The lowest BCUT2D eigenvalue weighted by Gasteiger charge is -2.33. The van der Waals surface area contributed by atoms with Gasteiger partial charge in [-0.2, -0.15) is 0 Å². The van der Waals surface area contributed by atoms with Crippen LogP contribution in [0.15, 0.2) is 59.0 Å². The number of amides is 2. The average Bonchev–Trinajstić information content (AvgIpc) is 3.27. The third-order valence-corrected chi connectivity index (χ3v) is 6.65. The minimum atomic E-state index is -0.561. The molecule has 1 unspecified atom stereocenters. The van der Waals surface area contributed by atoms with Gasteiger partial charge in [0.15, 0.2) is 11.5 Å². The van der Waals surface area contributed by atoms with E-state index in [0.717, 1.165) is 32.5 Å². The molecule has 4 aliphatic rings. The van der Waals surface area contributed by atoms with E-state index >= 15 is 0 Å². The number of thiocarbonyl (C=S) groups is 1. The molecule has 3 heterocycles. The molecule has 0 spiro atoms. The number of nitrogens with zero attached hydrogens (tertiary/aromatic N) is 3. The van der Waals surface area contributed by atoms with Crippen molar-refractivity contribution in [3.63, 3.8) is 0 Å². The first-order valence-electron chi connectivity index (χ1n) is 11.3. The summed E-state index contributed by atoms with van der Waals surface area (Å²) in [4.78, 5) is 33.8. The van der Waals surface area contributed by atoms with Gasteiger partial charge in [-0.15, -0.1) is 0 Å². The summed E-state index contributed by atoms with van der Waals surface area (Å²) < 4.78 is 10.7. The normalized spacial score (nSPS) is 23.0. The van der Waals surface area contributed by atoms with Crippen molar-refractivity contribution >= 4 is 34.9 Å². The zero-order valence-corrected chi connectivity index (χ0v) is 19.1. The van der Waals surface area contributed by atoms with Gasteiger partial charge in [0, 0.05) is 44.7 Å². The molecule has 0 saturated carbocycles. The largest absolute Gasteiger partial charge is 0.454 e. The lowest BCUT2D eigenvalue weighted by atomic mass is 9.94. The number of allylic oxidation sites excluding steroid dienone is 1. The highest BCUT2D eigenvalue weighted by molar-refractivity contribution is 7.80. The molecule has 1 aliphatic carbocycles. The Balaban J connectivity index is 1.10. The topological polar surface area (TPSA) is 83.5 Å². The van der Waals surface area contributed by atoms with Crippen LogP contribution in [-0.2, 0) is 25.6 Å². The molecule has 5 rings (SSSR count). The van der Waals surface area contributed by atoms with Crippen molar-refractivity contribution in [2.24, 2.45) is 10.9 Å². The van der Waals surface area contributed by atoms with Crippen LogP contribution in [0.2, 0.25) is 0 Å². The summed E-state index contributed by atoms with van der Waals surface area (Å²) in [6.07, 6.45) is 5.43. The van der Waals surface area contributed by atoms with E-state index in [9.17, 15) is 9.59 Å². The average molecular weight is 467 g/mol. The lowest BCUT2D eigenvalue weighted by molar-refractivity contribution is -0.129. The molecule has 172 valence electrons. The number of hydrogen-bond donors (Lipinski definition) is 1. The van der Waals surface area contributed by atoms with Gasteiger partial charge < -0.3 is 14.8 Å². The molecule has 1 aromatic rings. The van der Waals surface area contributed by atoms with Crippen LogP contribution >= 0.6 is 12.2 Å². The molecule has 1 atom stereocenters. The maximum atomic E-state index is 13.0. The van der Waals surface area contributed by atoms with Gasteiger partial charge in [-0.25, -0.2) is 4.99 Å². The molecule has 33 heavy (non-hydrogen) atoms. The number of piperidine rings is 1. The molecule has 2 saturated heterocycles. The van der Waals surface area contributed by atoms with Gasteiger partial charge in [0.1, 0.15) is 5.92 Å². The van der Waals surface area contributed by atoms with E-state index in [1.54, 1.807) is 12.2 Å². The van der Waals surface area contributed by atoms with Crippen molar-refractivity contribution in [1.29, 1.82) is 0 Å². The second-order valence-electron chi connectivity index (χ2n) is 8.59. The maximum Gasteiger partial charge on any atom is 0.241 e. The Kier molecular flexibility index (Phi) is 6.24. The minimum absolute atomic E-state index is 0.0707. The van der Waals surface area contributed by atoms with Gasteiger partial charge in [0.2, 0.25) is 23.7 Å². The molecule has 2 fully saturated rings. The molecule has 0 radical (unpaired) electrons. The lowest BCUT2D eigenvalue weighted by Crippen LogP contribution is -2.48. The predicted octanol–water partition coefficient (Wildman–Crippen LogP) is 2.13. The maximum absolute atomic E-state index is 13.0. The second-order valence-corrected chi connectivity index (χ2v) is 8.95. The Hall–Kier alpha value is -3.04. The van der Waals surface area contributed by atoms with Gasteiger partial charge in [0.25, 0.3) is 0 Å². The van der Waals surface area contributed by atoms with Gasteiger partial charge in [0.05, 0.1) is 5.71 Å². The van der Waals surface area contributed by atoms with Gasteiger partial charge in [-0.3, -0.25) is 19.4 Å². The number of benzene rings is 1. The molecule has 8 nitrogen and oxygen atoms in total. The van der Waals surface area contributed by atoms with E-state index in [0.29, 0.717) is 17.2 Å². The zero-order valence-electron chi connectivity index (χ0n) is 18.2. The number of carbonyl (C=O) groups is 2. The molecule has 2 amide bonds. The first-order chi connectivity index (χ1) is 16.1. The third-order valence-electron chi connectivity index (χ3n) is 6.34. The highest BCUT2D eigenvalue weighted by Crippen LogP contribution is 2.31. The summed E-state index contributed by atoms with van der Waals surface area (Å²) in [5.74, 6) is 0.303. The van der Waals surface area contributed by atoms with Crippen molar-refractivity contribution < 1.29 is 19.1 Å². The van der Waals surface area contributed by atoms with Crippen LogP contribution in [0, 0.1) is 5.92 Å². The van der Waals surface area contributed by atoms with E-state index in [4.69, 9.17) is 21.7 Å². The van der Waals surface area contributed by atoms with Crippen LogP contribution in [0.25, 0.3) is 0 Å². The summed E-state index contributed by atoms with van der Waals surface area (Å²) in [6.45, 7) is 3.17. The van der Waals surface area contributed by atoms with Crippen LogP contribution in [0.1, 0.15) is 24.8 Å². The summed E-state index contributed by atoms with van der Waals surface area (Å²) in [6, 6.07) is 10.6. The number of carbonyl (C=O) groups excluding carboxylic acids is 2. The minimum Gasteiger partial charge on any atom is -0.454 e. The number of aliphatic imine (C=N–C) groups is 1. The summed E-state index contributed by atoms with van der Waals surface area (Å²) in [5.41, 5.74) is 1.86. The third kappa shape index (κ3) is 4.84. The number of ether oxygens (including phenoxy) is 2. The van der Waals surface area contributed by atoms with Gasteiger partial charge in [-0.1, -0.05) is 30.3 Å². The Morgan fingerprint density at radius 3 is 2.70 bits per heavy atom. The summed E-state index contributed by atoms with van der Waals surface area (Å²) >= 11 is 5.33. The fourth-order valence-electron chi connectivity index (χ4n) is 4.53. The van der Waals surface area contributed by atoms with Crippen molar-refractivity contribution in [3.05, 3.63) is 59.6 Å². The first kappa shape index (κ1) is 21.8. The van der Waals surface area contributed by atoms with Crippen molar-refractivity contribution in [3.8, 4) is 0 Å². The SMILES string of the molecule is O=C(CCN1C(=O)C2C=C3OCOC3=CC2=NC1=S)NC1CCN(Cc2ccccc2)CC1. The number of fused-ring (bicyclic) bond motifs is 2. The number of hydrogen-bond acceptors (Lipinski definition) is 6. The summed E-state index contributed by atoms with van der Waals surface area (Å²) in [5, 5.41) is 3.30. The quantitative estimate of drug-likeness (QED) is 0.647. The fraction of sp³-hybridized carbons (Fsp3) is 0.417.